The van der Waals surface area contributed by atoms with E-state index in [1.807, 2.05) is 0 Å². The Morgan fingerprint density at radius 2 is 1.55 bits per heavy atom. The third-order valence-electron chi connectivity index (χ3n) is 5.74. The monoisotopic (exact) mass is 481 g/mol. The maximum Gasteiger partial charge on any atom is 0.417 e. The predicted molar refractivity (Wildman–Crippen MR) is 109 cm³/mol. The molecule has 0 unspecified atom stereocenters. The Bertz CT molecular complexity index is 798. The Kier molecular flexibility index (Phi) is 9.60. The van der Waals surface area contributed by atoms with Crippen molar-refractivity contribution in [1.82, 2.24) is 4.90 Å². The Balaban J connectivity index is 1.94. The van der Waals surface area contributed by atoms with E-state index in [-0.39, 0.29) is 38.1 Å². The normalized spacial score (nSPS) is 15.5. The fourth-order valence-electron chi connectivity index (χ4n) is 3.81. The number of hydrogen-bond acceptors (Lipinski definition) is 3. The summed E-state index contributed by atoms with van der Waals surface area (Å²) in [5, 5.41) is 0. The van der Waals surface area contributed by atoms with E-state index in [0.29, 0.717) is 12.7 Å². The number of piperidine rings is 1. The third kappa shape index (κ3) is 7.92. The standard InChI is InChI=1S/C23H29F6NO3/c1-2-3-4-5-6-7-14-33-21(32)16-10-12-30(13-11-16)20(31)18-15-17(22(24,25)26)8-9-19(18)23(27,28)29/h8-9,15-16H,2-7,10-14H2,1H3. The van der Waals surface area contributed by atoms with Gasteiger partial charge in [0.25, 0.3) is 5.91 Å². The van der Waals surface area contributed by atoms with Crippen LogP contribution in [-0.2, 0) is 21.9 Å². The summed E-state index contributed by atoms with van der Waals surface area (Å²) in [6, 6.07) is 0.833. The van der Waals surface area contributed by atoms with Crippen LogP contribution >= 0.6 is 0 Å². The van der Waals surface area contributed by atoms with E-state index in [4.69, 9.17) is 4.74 Å². The van der Waals surface area contributed by atoms with Crippen molar-refractivity contribution in [3.63, 3.8) is 0 Å². The maximum absolute atomic E-state index is 13.3. The number of carbonyl (C=O) groups excluding carboxylic acids is 2. The fraction of sp³-hybridized carbons (Fsp3) is 0.652. The number of benzene rings is 1. The Labute approximate surface area is 189 Å². The molecule has 2 rings (SSSR count). The number of alkyl halides is 6. The number of halogens is 6. The average Bonchev–Trinajstić information content (AvgIpc) is 2.76. The zero-order valence-electron chi connectivity index (χ0n) is 18.5. The molecule has 10 heteroatoms. The van der Waals surface area contributed by atoms with Crippen molar-refractivity contribution in [2.45, 2.75) is 70.6 Å². The first kappa shape index (κ1) is 27.0. The predicted octanol–water partition coefficient (Wildman–Crippen LogP) is 6.48. The molecule has 1 heterocycles. The van der Waals surface area contributed by atoms with Crippen molar-refractivity contribution in [1.29, 1.82) is 0 Å². The van der Waals surface area contributed by atoms with E-state index in [1.54, 1.807) is 0 Å². The summed E-state index contributed by atoms with van der Waals surface area (Å²) in [5.74, 6) is -2.03. The van der Waals surface area contributed by atoms with Crippen molar-refractivity contribution < 1.29 is 40.7 Å². The van der Waals surface area contributed by atoms with Crippen LogP contribution < -0.4 is 0 Å². The van der Waals surface area contributed by atoms with Gasteiger partial charge in [0.05, 0.1) is 29.2 Å². The molecule has 1 aliphatic heterocycles. The van der Waals surface area contributed by atoms with Gasteiger partial charge in [-0.1, -0.05) is 39.0 Å². The maximum atomic E-state index is 13.3. The molecular weight excluding hydrogens is 452 g/mol. The van der Waals surface area contributed by atoms with Crippen molar-refractivity contribution >= 4 is 11.9 Å². The second-order valence-electron chi connectivity index (χ2n) is 8.26. The fourth-order valence-corrected chi connectivity index (χ4v) is 3.81. The Hall–Kier alpha value is -2.26. The number of amides is 1. The third-order valence-corrected chi connectivity index (χ3v) is 5.74. The molecule has 186 valence electrons. The lowest BCUT2D eigenvalue weighted by Crippen LogP contribution is -2.41. The number of carbonyl (C=O) groups is 2. The number of likely N-dealkylation sites (tertiary alicyclic amines) is 1. The largest absolute Gasteiger partial charge is 0.465 e. The number of ether oxygens (including phenoxy) is 1. The number of nitrogens with zero attached hydrogens (tertiary/aromatic N) is 1. The molecule has 0 atom stereocenters. The number of unbranched alkanes of at least 4 members (excludes halogenated alkanes) is 5. The SMILES string of the molecule is CCCCCCCCOC(=O)C1CCN(C(=O)c2cc(C(F)(F)F)ccc2C(F)(F)F)CC1. The number of esters is 1. The molecule has 1 aliphatic rings. The molecule has 1 amide bonds. The zero-order chi connectivity index (χ0) is 24.6. The van der Waals surface area contributed by atoms with Crippen LogP contribution in [-0.4, -0.2) is 36.5 Å². The summed E-state index contributed by atoms with van der Waals surface area (Å²) >= 11 is 0. The Morgan fingerprint density at radius 3 is 2.12 bits per heavy atom. The van der Waals surface area contributed by atoms with Crippen LogP contribution in [0.4, 0.5) is 26.3 Å². The van der Waals surface area contributed by atoms with Crippen LogP contribution in [0.5, 0.6) is 0 Å². The lowest BCUT2D eigenvalue weighted by Gasteiger charge is -2.31. The number of rotatable bonds is 9. The van der Waals surface area contributed by atoms with Gasteiger partial charge in [-0.3, -0.25) is 9.59 Å². The van der Waals surface area contributed by atoms with Crippen LogP contribution in [0.3, 0.4) is 0 Å². The summed E-state index contributed by atoms with van der Waals surface area (Å²) < 4.78 is 84.1. The van der Waals surface area contributed by atoms with Gasteiger partial charge in [-0.05, 0) is 37.5 Å². The van der Waals surface area contributed by atoms with E-state index in [1.165, 1.54) is 6.42 Å². The van der Waals surface area contributed by atoms with Crippen molar-refractivity contribution in [2.24, 2.45) is 5.92 Å². The minimum atomic E-state index is -4.98. The zero-order valence-corrected chi connectivity index (χ0v) is 18.5. The van der Waals surface area contributed by atoms with Gasteiger partial charge in [-0.15, -0.1) is 0 Å². The molecule has 0 saturated carbocycles. The van der Waals surface area contributed by atoms with E-state index in [2.05, 4.69) is 6.92 Å². The molecule has 33 heavy (non-hydrogen) atoms. The Morgan fingerprint density at radius 1 is 0.939 bits per heavy atom. The van der Waals surface area contributed by atoms with Crippen molar-refractivity contribution in [3.05, 3.63) is 34.9 Å². The van der Waals surface area contributed by atoms with Crippen LogP contribution in [0.25, 0.3) is 0 Å². The highest BCUT2D eigenvalue weighted by Gasteiger charge is 2.40. The van der Waals surface area contributed by atoms with Crippen LogP contribution in [0, 0.1) is 5.92 Å². The molecule has 1 aromatic carbocycles. The molecule has 0 aliphatic carbocycles. The summed E-state index contributed by atoms with van der Waals surface area (Å²) in [4.78, 5) is 26.0. The van der Waals surface area contributed by atoms with E-state index >= 15 is 0 Å². The van der Waals surface area contributed by atoms with Crippen LogP contribution in [0.1, 0.15) is 79.8 Å². The van der Waals surface area contributed by atoms with E-state index < -0.39 is 46.8 Å². The molecule has 1 aromatic rings. The number of hydrogen-bond donors (Lipinski definition) is 0. The molecule has 0 aromatic heterocycles. The van der Waals surface area contributed by atoms with E-state index in [0.717, 1.165) is 37.0 Å². The van der Waals surface area contributed by atoms with E-state index in [9.17, 15) is 35.9 Å². The van der Waals surface area contributed by atoms with Gasteiger partial charge < -0.3 is 9.64 Å². The smallest absolute Gasteiger partial charge is 0.417 e. The molecule has 0 bridgehead atoms. The molecule has 1 saturated heterocycles. The second kappa shape index (κ2) is 11.7. The highest BCUT2D eigenvalue weighted by atomic mass is 19.4. The molecule has 0 N–H and O–H groups in total. The van der Waals surface area contributed by atoms with Crippen molar-refractivity contribution in [3.8, 4) is 0 Å². The highest BCUT2D eigenvalue weighted by Crippen LogP contribution is 2.37. The average molecular weight is 481 g/mol. The summed E-state index contributed by atoms with van der Waals surface area (Å²) in [6.07, 6.45) is -3.27. The topological polar surface area (TPSA) is 46.6 Å². The van der Waals surface area contributed by atoms with Crippen LogP contribution in [0.15, 0.2) is 18.2 Å². The molecule has 1 fully saturated rings. The highest BCUT2D eigenvalue weighted by molar-refractivity contribution is 5.96. The molecule has 0 radical (unpaired) electrons. The first-order valence-electron chi connectivity index (χ1n) is 11.2. The minimum Gasteiger partial charge on any atom is -0.465 e. The second-order valence-corrected chi connectivity index (χ2v) is 8.26. The van der Waals surface area contributed by atoms with Gasteiger partial charge in [0.1, 0.15) is 0 Å². The summed E-state index contributed by atoms with van der Waals surface area (Å²) in [6.45, 7) is 2.34. The summed E-state index contributed by atoms with van der Waals surface area (Å²) in [5.41, 5.74) is -3.78. The first-order valence-corrected chi connectivity index (χ1v) is 11.2. The quantitative estimate of drug-likeness (QED) is 0.230. The van der Waals surface area contributed by atoms with Gasteiger partial charge in [-0.2, -0.15) is 26.3 Å². The van der Waals surface area contributed by atoms with Gasteiger partial charge in [0.2, 0.25) is 0 Å². The minimum absolute atomic E-state index is 0.0385. The lowest BCUT2D eigenvalue weighted by molar-refractivity contribution is -0.150. The van der Waals surface area contributed by atoms with Gasteiger partial charge in [0, 0.05) is 13.1 Å². The first-order chi connectivity index (χ1) is 15.4. The molecular formula is C23H29F6NO3. The summed E-state index contributed by atoms with van der Waals surface area (Å²) in [7, 11) is 0. The lowest BCUT2D eigenvalue weighted by atomic mass is 9.95. The van der Waals surface area contributed by atoms with Gasteiger partial charge >= 0.3 is 18.3 Å². The molecule has 4 nitrogen and oxygen atoms in total. The van der Waals surface area contributed by atoms with Crippen molar-refractivity contribution in [2.75, 3.05) is 19.7 Å². The van der Waals surface area contributed by atoms with Gasteiger partial charge in [-0.25, -0.2) is 0 Å². The van der Waals surface area contributed by atoms with Gasteiger partial charge in [0.15, 0.2) is 0 Å². The van der Waals surface area contributed by atoms with Crippen LogP contribution in [0.2, 0.25) is 0 Å². The molecule has 0 spiro atoms.